The van der Waals surface area contributed by atoms with Gasteiger partial charge in [-0.2, -0.15) is 0 Å². The summed E-state index contributed by atoms with van der Waals surface area (Å²) in [5.74, 6) is 3.89. The third-order valence-electron chi connectivity index (χ3n) is 7.12. The topological polar surface area (TPSA) is 18.5 Å². The third-order valence-corrected chi connectivity index (χ3v) is 29.9. The molecule has 0 N–H and O–H groups in total. The molecule has 2 aliphatic heterocycles. The van der Waals surface area contributed by atoms with Gasteiger partial charge in [0.05, 0.1) is 0 Å². The summed E-state index contributed by atoms with van der Waals surface area (Å²) < 4.78 is 15.7. The molecule has 0 amide bonds. The first kappa shape index (κ1) is 32.3. The van der Waals surface area contributed by atoms with Gasteiger partial charge in [-0.1, -0.05) is 0 Å². The number of rotatable bonds is 16. The second kappa shape index (κ2) is 15.0. The van der Waals surface area contributed by atoms with Crippen LogP contribution < -0.4 is 0 Å². The normalized spacial score (nSPS) is 20.6. The minimum atomic E-state index is -2.39. The molecule has 3 unspecified atom stereocenters. The van der Waals surface area contributed by atoms with Crippen LogP contribution in [0.25, 0.3) is 0 Å². The van der Waals surface area contributed by atoms with E-state index in [0.717, 1.165) is 13.2 Å². The summed E-state index contributed by atoms with van der Waals surface area (Å²) in [6, 6.07) is 0. The Hall–Kier alpha value is 1.12. The first-order valence-electron chi connectivity index (χ1n) is 14.3. The van der Waals surface area contributed by atoms with E-state index in [-0.39, 0.29) is 0 Å². The quantitative estimate of drug-likeness (QED) is 0.147. The zero-order valence-electron chi connectivity index (χ0n) is 24.5. The van der Waals surface area contributed by atoms with Crippen molar-refractivity contribution in [2.75, 3.05) is 13.2 Å². The van der Waals surface area contributed by atoms with Crippen molar-refractivity contribution in [3.8, 4) is 0 Å². The second-order valence-electron chi connectivity index (χ2n) is 12.6. The molecule has 2 nitrogen and oxygen atoms in total. The first-order valence-corrected chi connectivity index (χ1v) is 36.2. The molecule has 0 spiro atoms. The average Bonchev–Trinajstić information content (AvgIpc) is 3.16. The summed E-state index contributed by atoms with van der Waals surface area (Å²) in [6.45, 7) is 11.0. The Morgan fingerprint density at radius 3 is 1.83 bits per heavy atom. The van der Waals surface area contributed by atoms with Gasteiger partial charge in [-0.3, -0.25) is 0 Å². The van der Waals surface area contributed by atoms with Gasteiger partial charge < -0.3 is 0 Å². The molecule has 0 aliphatic carbocycles. The van der Waals surface area contributed by atoms with Crippen LogP contribution in [0.4, 0.5) is 0 Å². The molecule has 0 saturated carbocycles. The van der Waals surface area contributed by atoms with Gasteiger partial charge in [0.2, 0.25) is 0 Å². The summed E-state index contributed by atoms with van der Waals surface area (Å²) in [5.41, 5.74) is 0. The van der Waals surface area contributed by atoms with Crippen molar-refractivity contribution < 1.29 is 9.47 Å². The Morgan fingerprint density at radius 1 is 0.829 bits per heavy atom. The van der Waals surface area contributed by atoms with Gasteiger partial charge in [0, 0.05) is 0 Å². The van der Waals surface area contributed by atoms with E-state index < -0.39 is 36.8 Å². The minimum absolute atomic E-state index is 0.574. The van der Waals surface area contributed by atoms with E-state index in [9.17, 15) is 0 Å². The predicted octanol–water partition coefficient (Wildman–Crippen LogP) is 10.4. The molecule has 0 aromatic carbocycles. The van der Waals surface area contributed by atoms with Crippen molar-refractivity contribution >= 4 is 60.3 Å². The summed E-state index contributed by atoms with van der Waals surface area (Å²) in [7, 11) is 0. The maximum absolute atomic E-state index is 6.83. The Bertz CT molecular complexity index is 775. The zero-order valence-corrected chi connectivity index (χ0v) is 31.9. The summed E-state index contributed by atoms with van der Waals surface area (Å²) in [5, 5.41) is 0. The molecular formula is C29H54O2S2Sn2. The van der Waals surface area contributed by atoms with E-state index in [2.05, 4.69) is 75.2 Å². The molecular weight excluding hydrogens is 682 g/mol. The van der Waals surface area contributed by atoms with Crippen molar-refractivity contribution in [2.24, 2.45) is 11.8 Å². The molecule has 0 aromatic heterocycles. The molecule has 2 heterocycles. The molecule has 6 heteroatoms. The number of thioether (sulfide) groups is 2. The van der Waals surface area contributed by atoms with Crippen LogP contribution in [0.1, 0.15) is 79.1 Å². The van der Waals surface area contributed by atoms with Crippen LogP contribution in [0.3, 0.4) is 0 Å². The summed E-state index contributed by atoms with van der Waals surface area (Å²) in [6.07, 6.45) is 12.6. The van der Waals surface area contributed by atoms with Crippen LogP contribution in [0, 0.1) is 11.8 Å². The van der Waals surface area contributed by atoms with Crippen LogP contribution in [-0.4, -0.2) is 53.2 Å². The summed E-state index contributed by atoms with van der Waals surface area (Å²) in [4.78, 5) is 18.2. The maximum atomic E-state index is 6.83. The van der Waals surface area contributed by atoms with Crippen LogP contribution in [0.2, 0.25) is 29.6 Å². The molecule has 2 aliphatic rings. The van der Waals surface area contributed by atoms with Gasteiger partial charge >= 0.3 is 237 Å². The van der Waals surface area contributed by atoms with Crippen LogP contribution in [0.15, 0.2) is 30.3 Å². The van der Waals surface area contributed by atoms with E-state index in [0.29, 0.717) is 15.1 Å². The molecule has 0 aromatic rings. The Morgan fingerprint density at radius 2 is 1.37 bits per heavy atom. The van der Waals surface area contributed by atoms with Gasteiger partial charge in [-0.15, -0.1) is 0 Å². The average molecular weight is 736 g/mol. The standard InChI is InChI=1S/C23H36O2S2.6CH3.2Sn/c1-5-9-11-18(7-3)14-24-20-13-22-23(27-16-20)21(17-26-22)25-15-19(8-4)12-10-6-2;;;;;;;;/h13,17-19H,5-12,14-15H2,1-4H3;6*1H3;;. The van der Waals surface area contributed by atoms with E-state index in [1.165, 1.54) is 72.7 Å². The number of unbranched alkanes of at least 4 members (excludes halogenated alkanes) is 2. The fraction of sp³-hybridized carbons (Fsp3) is 0.793. The van der Waals surface area contributed by atoms with Crippen molar-refractivity contribution in [1.29, 1.82) is 0 Å². The number of hydrogen-bond acceptors (Lipinski definition) is 4. The van der Waals surface area contributed by atoms with Crippen LogP contribution >= 0.6 is 23.5 Å². The van der Waals surface area contributed by atoms with Gasteiger partial charge in [0.15, 0.2) is 0 Å². The Labute approximate surface area is 235 Å². The zero-order chi connectivity index (χ0) is 26.2. The van der Waals surface area contributed by atoms with Crippen LogP contribution in [-0.2, 0) is 9.47 Å². The van der Waals surface area contributed by atoms with Gasteiger partial charge in [-0.25, -0.2) is 0 Å². The van der Waals surface area contributed by atoms with Crippen LogP contribution in [0.5, 0.6) is 0 Å². The predicted molar refractivity (Wildman–Crippen MR) is 166 cm³/mol. The van der Waals surface area contributed by atoms with Crippen molar-refractivity contribution in [3.63, 3.8) is 0 Å². The Kier molecular flexibility index (Phi) is 13.9. The fourth-order valence-electron chi connectivity index (χ4n) is 4.56. The monoisotopic (exact) mass is 738 g/mol. The summed E-state index contributed by atoms with van der Waals surface area (Å²) >= 11 is -0.503. The van der Waals surface area contributed by atoms with E-state index in [1.807, 2.05) is 11.8 Å². The van der Waals surface area contributed by atoms with Crippen molar-refractivity contribution in [3.05, 3.63) is 30.3 Å². The van der Waals surface area contributed by atoms with Crippen molar-refractivity contribution in [2.45, 2.75) is 112 Å². The molecule has 0 saturated heterocycles. The van der Waals surface area contributed by atoms with Gasteiger partial charge in [-0.05, 0) is 0 Å². The second-order valence-corrected chi connectivity index (χ2v) is 46.4. The number of allylic oxidation sites excluding steroid dienone is 1. The molecule has 0 radical (unpaired) electrons. The van der Waals surface area contributed by atoms with Crippen molar-refractivity contribution in [1.82, 2.24) is 0 Å². The Balaban J connectivity index is 2.34. The first-order chi connectivity index (χ1) is 16.5. The number of ether oxygens (including phenoxy) is 2. The number of fused-ring (bicyclic) bond motifs is 1. The van der Waals surface area contributed by atoms with Gasteiger partial charge in [0.1, 0.15) is 0 Å². The molecule has 202 valence electrons. The molecule has 3 atom stereocenters. The van der Waals surface area contributed by atoms with Gasteiger partial charge in [0.25, 0.3) is 0 Å². The number of hydrogen-bond donors (Lipinski definition) is 0. The fourth-order valence-corrected chi connectivity index (χ4v) is 20.7. The SMILES string of the molecule is CCCCC(CC)COC1=[C]([Sn]([CH3])([CH3])[CH3])SC2=C(OCC(CC)CCCC)[CH]([Sn]([CH3])([CH3])[CH3])SC2=C1. The van der Waals surface area contributed by atoms with E-state index in [1.54, 1.807) is 2.92 Å². The molecule has 35 heavy (non-hydrogen) atoms. The molecule has 0 fully saturated rings. The van der Waals surface area contributed by atoms with E-state index in [4.69, 9.17) is 9.47 Å². The molecule has 2 rings (SSSR count). The molecule has 0 bridgehead atoms. The third kappa shape index (κ3) is 9.67. The van der Waals surface area contributed by atoms with E-state index >= 15 is 0 Å².